The van der Waals surface area contributed by atoms with E-state index in [0.717, 1.165) is 12.8 Å². The molecule has 1 heteroatoms. The lowest BCUT2D eigenvalue weighted by Crippen LogP contribution is -2.02. The second-order valence-corrected chi connectivity index (χ2v) is 2.42. The van der Waals surface area contributed by atoms with Crippen LogP contribution in [0.4, 0.5) is 0 Å². The first-order valence-electron chi connectivity index (χ1n) is 2.90. The summed E-state index contributed by atoms with van der Waals surface area (Å²) in [6.45, 7) is 2.03. The lowest BCUT2D eigenvalue weighted by molar-refractivity contribution is 0.163. The van der Waals surface area contributed by atoms with E-state index in [1.165, 1.54) is 0 Å². The maximum absolute atomic E-state index is 5.08. The maximum atomic E-state index is 5.08. The van der Waals surface area contributed by atoms with Crippen LogP contribution in [0.5, 0.6) is 0 Å². The van der Waals surface area contributed by atoms with Crippen LogP contribution in [0, 0.1) is 24.4 Å². The minimum Gasteiger partial charge on any atom is -0.440 e. The van der Waals surface area contributed by atoms with Crippen molar-refractivity contribution in [3.05, 3.63) is 0 Å². The van der Waals surface area contributed by atoms with Crippen molar-refractivity contribution in [1.29, 1.82) is 0 Å². The molecule has 1 aliphatic carbocycles. The Labute approximate surface area is 55.4 Å². The molecule has 0 heterocycles. The van der Waals surface area contributed by atoms with Crippen molar-refractivity contribution in [2.45, 2.75) is 25.4 Å². The normalized spacial score (nSPS) is 18.7. The molecule has 0 unspecified atom stereocenters. The quantitative estimate of drug-likeness (QED) is 0.472. The summed E-state index contributed by atoms with van der Waals surface area (Å²) >= 11 is 0. The summed E-state index contributed by atoms with van der Waals surface area (Å²) in [5, 5.41) is 0. The standard InChI is InChI=1S/C8H8O/c1-3-4-7-9-8(2)5-6-8/h1H,5-6H2,2H3. The average molecular weight is 120 g/mol. The molecule has 46 valence electrons. The van der Waals surface area contributed by atoms with Gasteiger partial charge in [0.2, 0.25) is 0 Å². The molecule has 0 saturated heterocycles. The van der Waals surface area contributed by atoms with Crippen molar-refractivity contribution < 1.29 is 4.74 Å². The monoisotopic (exact) mass is 120 g/mol. The van der Waals surface area contributed by atoms with Gasteiger partial charge >= 0.3 is 0 Å². The summed E-state index contributed by atoms with van der Waals surface area (Å²) in [5.41, 5.74) is 0.0316. The average Bonchev–Trinajstić information content (AvgIpc) is 2.50. The van der Waals surface area contributed by atoms with Crippen LogP contribution in [0.15, 0.2) is 0 Å². The molecular weight excluding hydrogens is 112 g/mol. The first kappa shape index (κ1) is 6.05. The van der Waals surface area contributed by atoms with Crippen LogP contribution in [0.1, 0.15) is 19.8 Å². The minimum absolute atomic E-state index is 0.0316. The van der Waals surface area contributed by atoms with Gasteiger partial charge in [-0.2, -0.15) is 0 Å². The van der Waals surface area contributed by atoms with Gasteiger partial charge in [-0.15, -0.1) is 6.42 Å². The second kappa shape index (κ2) is 2.03. The third-order valence-corrected chi connectivity index (χ3v) is 1.37. The Morgan fingerprint density at radius 3 is 2.67 bits per heavy atom. The summed E-state index contributed by atoms with van der Waals surface area (Å²) in [4.78, 5) is 0. The van der Waals surface area contributed by atoms with Gasteiger partial charge in [0.15, 0.2) is 0 Å². The fourth-order valence-electron chi connectivity index (χ4n) is 0.456. The zero-order valence-corrected chi connectivity index (χ0v) is 5.40. The van der Waals surface area contributed by atoms with E-state index in [-0.39, 0.29) is 5.60 Å². The smallest absolute Gasteiger partial charge is 0.125 e. The topological polar surface area (TPSA) is 9.23 Å². The Morgan fingerprint density at radius 1 is 1.56 bits per heavy atom. The van der Waals surface area contributed by atoms with E-state index in [1.807, 2.05) is 6.92 Å². The van der Waals surface area contributed by atoms with Crippen LogP contribution in [-0.4, -0.2) is 5.60 Å². The van der Waals surface area contributed by atoms with E-state index < -0.39 is 0 Å². The number of rotatable bonds is 1. The molecule has 1 saturated carbocycles. The van der Waals surface area contributed by atoms with Crippen molar-refractivity contribution in [3.63, 3.8) is 0 Å². The van der Waals surface area contributed by atoms with Gasteiger partial charge < -0.3 is 4.74 Å². The predicted octanol–water partition coefficient (Wildman–Crippen LogP) is 1.15. The number of hydrogen-bond acceptors (Lipinski definition) is 1. The summed E-state index contributed by atoms with van der Waals surface area (Å²) in [5.74, 6) is 4.58. The van der Waals surface area contributed by atoms with E-state index >= 15 is 0 Å². The SMILES string of the molecule is C#CC#COC1(C)CC1. The highest BCUT2D eigenvalue weighted by atomic mass is 16.5. The van der Waals surface area contributed by atoms with Crippen molar-refractivity contribution in [2.24, 2.45) is 0 Å². The molecule has 0 spiro atoms. The van der Waals surface area contributed by atoms with E-state index in [4.69, 9.17) is 11.2 Å². The highest BCUT2D eigenvalue weighted by molar-refractivity contribution is 5.19. The van der Waals surface area contributed by atoms with Gasteiger partial charge in [0.25, 0.3) is 0 Å². The Kier molecular flexibility index (Phi) is 1.37. The van der Waals surface area contributed by atoms with Crippen LogP contribution in [0.2, 0.25) is 0 Å². The molecule has 0 aliphatic heterocycles. The number of terminal acetylenes is 1. The van der Waals surface area contributed by atoms with Crippen LogP contribution in [0.25, 0.3) is 0 Å². The van der Waals surface area contributed by atoms with E-state index in [1.54, 1.807) is 0 Å². The fourth-order valence-corrected chi connectivity index (χ4v) is 0.456. The van der Waals surface area contributed by atoms with Crippen LogP contribution >= 0.6 is 0 Å². The Bertz CT molecular complexity index is 195. The highest BCUT2D eigenvalue weighted by Gasteiger charge is 2.39. The number of ether oxygens (including phenoxy) is 1. The van der Waals surface area contributed by atoms with Crippen molar-refractivity contribution in [2.75, 3.05) is 0 Å². The Morgan fingerprint density at radius 2 is 2.22 bits per heavy atom. The van der Waals surface area contributed by atoms with E-state index in [0.29, 0.717) is 0 Å². The largest absolute Gasteiger partial charge is 0.440 e. The Hall–Kier alpha value is -1.08. The molecule has 0 atom stereocenters. The molecule has 0 aromatic rings. The second-order valence-electron chi connectivity index (χ2n) is 2.42. The van der Waals surface area contributed by atoms with E-state index in [9.17, 15) is 0 Å². The first-order chi connectivity index (χ1) is 4.27. The van der Waals surface area contributed by atoms with Crippen LogP contribution in [0.3, 0.4) is 0 Å². The van der Waals surface area contributed by atoms with Crippen LogP contribution < -0.4 is 0 Å². The lowest BCUT2D eigenvalue weighted by atomic mass is 10.4. The molecule has 1 aliphatic rings. The molecule has 0 aromatic heterocycles. The molecule has 9 heavy (non-hydrogen) atoms. The molecule has 0 radical (unpaired) electrons. The van der Waals surface area contributed by atoms with E-state index in [2.05, 4.69) is 17.9 Å². The van der Waals surface area contributed by atoms with Crippen molar-refractivity contribution in [1.82, 2.24) is 0 Å². The zero-order chi connectivity index (χ0) is 6.74. The van der Waals surface area contributed by atoms with Gasteiger partial charge in [-0.25, -0.2) is 0 Å². The summed E-state index contributed by atoms with van der Waals surface area (Å²) < 4.78 is 5.08. The number of hydrogen-bond donors (Lipinski definition) is 0. The van der Waals surface area contributed by atoms with Gasteiger partial charge in [0.1, 0.15) is 11.7 Å². The molecule has 0 N–H and O–H groups in total. The summed E-state index contributed by atoms with van der Waals surface area (Å²) in [7, 11) is 0. The van der Waals surface area contributed by atoms with Crippen LogP contribution in [-0.2, 0) is 4.74 Å². The zero-order valence-electron chi connectivity index (χ0n) is 5.40. The minimum atomic E-state index is 0.0316. The lowest BCUT2D eigenvalue weighted by Gasteiger charge is -2.01. The molecule has 1 nitrogen and oxygen atoms in total. The van der Waals surface area contributed by atoms with Crippen molar-refractivity contribution in [3.8, 4) is 24.4 Å². The molecule has 0 amide bonds. The highest BCUT2D eigenvalue weighted by Crippen LogP contribution is 2.38. The third kappa shape index (κ3) is 1.70. The molecule has 1 fully saturated rings. The molecular formula is C8H8O. The predicted molar refractivity (Wildman–Crippen MR) is 35.3 cm³/mol. The molecule has 0 bridgehead atoms. The maximum Gasteiger partial charge on any atom is 0.125 e. The fraction of sp³-hybridized carbons (Fsp3) is 0.500. The van der Waals surface area contributed by atoms with Gasteiger partial charge in [0.05, 0.1) is 0 Å². The third-order valence-electron chi connectivity index (χ3n) is 1.37. The summed E-state index contributed by atoms with van der Waals surface area (Å²) in [6, 6.07) is 0. The summed E-state index contributed by atoms with van der Waals surface area (Å²) in [6.07, 6.45) is 9.53. The molecule has 1 rings (SSSR count). The Balaban J connectivity index is 2.28. The van der Waals surface area contributed by atoms with Gasteiger partial charge in [-0.3, -0.25) is 0 Å². The first-order valence-corrected chi connectivity index (χ1v) is 2.90. The van der Waals surface area contributed by atoms with Gasteiger partial charge in [-0.1, -0.05) is 0 Å². The van der Waals surface area contributed by atoms with Gasteiger partial charge in [0, 0.05) is 5.92 Å². The molecule has 0 aromatic carbocycles. The van der Waals surface area contributed by atoms with Gasteiger partial charge in [-0.05, 0) is 25.7 Å². The van der Waals surface area contributed by atoms with Crippen molar-refractivity contribution >= 4 is 0 Å².